The largest absolute Gasteiger partial charge is 0.496 e. The molecule has 2 aromatic carbocycles. The fraction of sp³-hybridized carbons (Fsp3) is 0.200. The number of carbonyl (C=O) groups is 1. The van der Waals surface area contributed by atoms with Gasteiger partial charge in [-0.1, -0.05) is 28.1 Å². The van der Waals surface area contributed by atoms with E-state index in [1.165, 1.54) is 0 Å². The highest BCUT2D eigenvalue weighted by Gasteiger charge is 2.15. The highest BCUT2D eigenvalue weighted by Crippen LogP contribution is 2.30. The first-order chi connectivity index (χ1) is 11.9. The molecule has 0 unspecified atom stereocenters. The molecule has 0 fully saturated rings. The molecule has 1 aromatic heterocycles. The van der Waals surface area contributed by atoms with Crippen LogP contribution in [0.4, 0.5) is 5.69 Å². The summed E-state index contributed by atoms with van der Waals surface area (Å²) in [5.74, 6) is 0.629. The first kappa shape index (κ1) is 17.4. The lowest BCUT2D eigenvalue weighted by molar-refractivity contribution is 0.102. The van der Waals surface area contributed by atoms with Crippen LogP contribution in [-0.2, 0) is 0 Å². The van der Waals surface area contributed by atoms with Crippen LogP contribution in [0.25, 0.3) is 10.9 Å². The number of anilines is 1. The van der Waals surface area contributed by atoms with Gasteiger partial charge in [0.05, 0.1) is 18.2 Å². The molecule has 1 heterocycles. The van der Waals surface area contributed by atoms with Gasteiger partial charge in [-0.2, -0.15) is 0 Å². The van der Waals surface area contributed by atoms with Crippen LogP contribution in [0.2, 0.25) is 0 Å². The zero-order valence-electron chi connectivity index (χ0n) is 14.6. The molecule has 1 N–H and O–H groups in total. The van der Waals surface area contributed by atoms with Crippen LogP contribution < -0.4 is 10.1 Å². The number of ether oxygens (including phenoxy) is 1. The minimum absolute atomic E-state index is 0.160. The summed E-state index contributed by atoms with van der Waals surface area (Å²) in [4.78, 5) is 17.4. The third kappa shape index (κ3) is 3.37. The molecule has 3 aromatic rings. The minimum atomic E-state index is -0.160. The van der Waals surface area contributed by atoms with Gasteiger partial charge < -0.3 is 10.1 Å². The lowest BCUT2D eigenvalue weighted by atomic mass is 10.1. The summed E-state index contributed by atoms with van der Waals surface area (Å²) in [5.41, 5.74) is 4.88. The summed E-state index contributed by atoms with van der Waals surface area (Å²) < 4.78 is 6.37. The van der Waals surface area contributed by atoms with E-state index >= 15 is 0 Å². The zero-order chi connectivity index (χ0) is 18.1. The lowest BCUT2D eigenvalue weighted by Gasteiger charge is -2.15. The number of halogens is 1. The van der Waals surface area contributed by atoms with Gasteiger partial charge >= 0.3 is 0 Å². The Kier molecular flexibility index (Phi) is 4.77. The number of aryl methyl sites for hydroxylation is 2. The number of amides is 1. The molecule has 0 radical (unpaired) electrons. The molecular weight excluding hydrogens is 380 g/mol. The van der Waals surface area contributed by atoms with E-state index in [2.05, 4.69) is 26.2 Å². The smallest absolute Gasteiger partial charge is 0.256 e. The molecule has 0 saturated carbocycles. The number of benzene rings is 2. The summed E-state index contributed by atoms with van der Waals surface area (Å²) >= 11 is 3.45. The summed E-state index contributed by atoms with van der Waals surface area (Å²) in [6.07, 6.45) is 0. The predicted octanol–water partition coefficient (Wildman–Crippen LogP) is 5.18. The Morgan fingerprint density at radius 3 is 2.60 bits per heavy atom. The van der Waals surface area contributed by atoms with Crippen molar-refractivity contribution >= 4 is 38.4 Å². The quantitative estimate of drug-likeness (QED) is 0.660. The maximum absolute atomic E-state index is 12.9. The molecule has 0 atom stereocenters. The first-order valence-corrected chi connectivity index (χ1v) is 8.72. The number of fused-ring (bicyclic) bond motifs is 1. The topological polar surface area (TPSA) is 51.2 Å². The van der Waals surface area contributed by atoms with E-state index < -0.39 is 0 Å². The molecular formula is C20H19BrN2O2. The summed E-state index contributed by atoms with van der Waals surface area (Å²) in [7, 11) is 1.64. The van der Waals surface area contributed by atoms with Crippen molar-refractivity contribution in [2.75, 3.05) is 12.4 Å². The Morgan fingerprint density at radius 1 is 1.12 bits per heavy atom. The monoisotopic (exact) mass is 398 g/mol. The molecule has 3 rings (SSSR count). The molecule has 0 aliphatic carbocycles. The van der Waals surface area contributed by atoms with Crippen molar-refractivity contribution in [3.63, 3.8) is 0 Å². The van der Waals surface area contributed by atoms with Gasteiger partial charge in [-0.15, -0.1) is 0 Å². The van der Waals surface area contributed by atoms with Crippen LogP contribution in [0, 0.1) is 20.8 Å². The molecule has 0 spiro atoms. The minimum Gasteiger partial charge on any atom is -0.496 e. The Labute approximate surface area is 155 Å². The van der Waals surface area contributed by atoms with E-state index in [0.717, 1.165) is 43.6 Å². The second kappa shape index (κ2) is 6.84. The van der Waals surface area contributed by atoms with Gasteiger partial charge in [-0.25, -0.2) is 0 Å². The average Bonchev–Trinajstić information content (AvgIpc) is 2.56. The fourth-order valence-corrected chi connectivity index (χ4v) is 3.34. The van der Waals surface area contributed by atoms with Gasteiger partial charge in [0.25, 0.3) is 5.91 Å². The van der Waals surface area contributed by atoms with Gasteiger partial charge in [0, 0.05) is 26.8 Å². The molecule has 0 aliphatic heterocycles. The van der Waals surface area contributed by atoms with Crippen LogP contribution in [0.5, 0.6) is 5.75 Å². The van der Waals surface area contributed by atoms with Gasteiger partial charge in [0.1, 0.15) is 5.75 Å². The van der Waals surface area contributed by atoms with Crippen LogP contribution in [-0.4, -0.2) is 18.0 Å². The van der Waals surface area contributed by atoms with E-state index in [-0.39, 0.29) is 5.91 Å². The Balaban J connectivity index is 2.04. The van der Waals surface area contributed by atoms with Gasteiger partial charge in [-0.3, -0.25) is 9.78 Å². The Morgan fingerprint density at radius 2 is 1.88 bits per heavy atom. The first-order valence-electron chi connectivity index (χ1n) is 7.93. The average molecular weight is 399 g/mol. The molecule has 0 bridgehead atoms. The van der Waals surface area contributed by atoms with E-state index in [9.17, 15) is 4.79 Å². The lowest BCUT2D eigenvalue weighted by Crippen LogP contribution is -2.14. The second-order valence-electron chi connectivity index (χ2n) is 6.02. The third-order valence-corrected chi connectivity index (χ3v) is 4.69. The number of methoxy groups -OCH3 is 1. The number of aromatic nitrogens is 1. The van der Waals surface area contributed by atoms with Crippen molar-refractivity contribution in [2.24, 2.45) is 0 Å². The highest BCUT2D eigenvalue weighted by molar-refractivity contribution is 9.10. The summed E-state index contributed by atoms with van der Waals surface area (Å²) in [6, 6.07) is 11.4. The van der Waals surface area contributed by atoms with Crippen molar-refractivity contribution in [3.8, 4) is 5.75 Å². The van der Waals surface area contributed by atoms with Gasteiger partial charge in [0.2, 0.25) is 0 Å². The molecule has 0 saturated heterocycles. The second-order valence-corrected chi connectivity index (χ2v) is 6.93. The predicted molar refractivity (Wildman–Crippen MR) is 105 cm³/mol. The molecule has 1 amide bonds. The number of hydrogen-bond donors (Lipinski definition) is 1. The van der Waals surface area contributed by atoms with E-state index in [0.29, 0.717) is 5.56 Å². The third-order valence-electron chi connectivity index (χ3n) is 4.20. The standard InChI is InChI=1S/C20H19BrN2O2/c1-11-5-8-17(13(3)19(11)25-4)23-20(24)16-9-12(2)22-18-10-14(21)6-7-15(16)18/h5-10H,1-4H3,(H,23,24). The number of nitrogens with zero attached hydrogens (tertiary/aromatic N) is 1. The maximum atomic E-state index is 12.9. The Hall–Kier alpha value is -2.40. The summed E-state index contributed by atoms with van der Waals surface area (Å²) in [6.45, 7) is 5.81. The van der Waals surface area contributed by atoms with Crippen LogP contribution in [0.15, 0.2) is 40.9 Å². The van der Waals surface area contributed by atoms with Crippen molar-refractivity contribution < 1.29 is 9.53 Å². The highest BCUT2D eigenvalue weighted by atomic mass is 79.9. The molecule has 25 heavy (non-hydrogen) atoms. The van der Waals surface area contributed by atoms with Crippen molar-refractivity contribution in [1.82, 2.24) is 4.98 Å². The number of rotatable bonds is 3. The van der Waals surface area contributed by atoms with E-state index in [4.69, 9.17) is 4.74 Å². The van der Waals surface area contributed by atoms with E-state index in [1.54, 1.807) is 7.11 Å². The van der Waals surface area contributed by atoms with Crippen molar-refractivity contribution in [2.45, 2.75) is 20.8 Å². The van der Waals surface area contributed by atoms with E-state index in [1.807, 2.05) is 57.2 Å². The van der Waals surface area contributed by atoms with Crippen LogP contribution in [0.3, 0.4) is 0 Å². The SMILES string of the molecule is COc1c(C)ccc(NC(=O)c2cc(C)nc3cc(Br)ccc23)c1C. The fourth-order valence-electron chi connectivity index (χ4n) is 2.99. The van der Waals surface area contributed by atoms with Crippen LogP contribution >= 0.6 is 15.9 Å². The van der Waals surface area contributed by atoms with Crippen molar-refractivity contribution in [1.29, 1.82) is 0 Å². The number of carbonyl (C=O) groups excluding carboxylic acids is 1. The molecule has 5 heteroatoms. The van der Waals surface area contributed by atoms with Gasteiger partial charge in [0.15, 0.2) is 0 Å². The Bertz CT molecular complexity index is 978. The van der Waals surface area contributed by atoms with Crippen LogP contribution in [0.1, 0.15) is 27.2 Å². The van der Waals surface area contributed by atoms with Crippen molar-refractivity contribution in [3.05, 3.63) is 63.3 Å². The number of hydrogen-bond acceptors (Lipinski definition) is 3. The molecule has 128 valence electrons. The van der Waals surface area contributed by atoms with Gasteiger partial charge in [-0.05, 0) is 50.6 Å². The number of nitrogens with one attached hydrogen (secondary N) is 1. The summed E-state index contributed by atoms with van der Waals surface area (Å²) in [5, 5.41) is 3.83. The zero-order valence-corrected chi connectivity index (χ0v) is 16.2. The maximum Gasteiger partial charge on any atom is 0.256 e. The number of pyridine rings is 1. The normalized spacial score (nSPS) is 10.8. The molecule has 0 aliphatic rings. The molecule has 4 nitrogen and oxygen atoms in total.